The Balaban J connectivity index is 3.76. The van der Waals surface area contributed by atoms with E-state index >= 15 is 0 Å². The van der Waals surface area contributed by atoms with Crippen LogP contribution < -0.4 is 0 Å². The van der Waals surface area contributed by atoms with Crippen molar-refractivity contribution in [1.82, 2.24) is 0 Å². The van der Waals surface area contributed by atoms with Gasteiger partial charge in [-0.15, -0.1) is 0 Å². The second kappa shape index (κ2) is 9.97. The van der Waals surface area contributed by atoms with Gasteiger partial charge in [-0.05, 0) is 26.0 Å². The smallest absolute Gasteiger partial charge is 0.303 e. The van der Waals surface area contributed by atoms with E-state index in [9.17, 15) is 4.79 Å². The first-order valence-electron chi connectivity index (χ1n) is 5.92. The van der Waals surface area contributed by atoms with Gasteiger partial charge in [0, 0.05) is 12.7 Å². The summed E-state index contributed by atoms with van der Waals surface area (Å²) in [7, 11) is 0. The van der Waals surface area contributed by atoms with Gasteiger partial charge in [0.25, 0.3) is 0 Å². The topological polar surface area (TPSA) is 35.5 Å². The fourth-order valence-corrected chi connectivity index (χ4v) is 2.20. The third kappa shape index (κ3) is 10.3. The number of rotatable bonds is 9. The highest BCUT2D eigenvalue weighted by Crippen LogP contribution is 2.10. The number of hydrogen-bond acceptors (Lipinski definition) is 4. The van der Waals surface area contributed by atoms with Gasteiger partial charge in [-0.1, -0.05) is 13.3 Å². The molecule has 0 aromatic carbocycles. The van der Waals surface area contributed by atoms with Gasteiger partial charge in [0.05, 0.1) is 12.7 Å². The molecule has 4 heteroatoms. The Hall–Kier alpha value is -0.220. The van der Waals surface area contributed by atoms with Crippen molar-refractivity contribution in [2.24, 2.45) is 0 Å². The van der Waals surface area contributed by atoms with Crippen molar-refractivity contribution in [2.75, 3.05) is 18.1 Å². The summed E-state index contributed by atoms with van der Waals surface area (Å²) in [5, 5.41) is 0. The SMILES string of the molecule is CCCCSCC(COC(C)C)OC(C)=O. The summed E-state index contributed by atoms with van der Waals surface area (Å²) in [6.07, 6.45) is 2.48. The van der Waals surface area contributed by atoms with Crippen LogP contribution in [0, 0.1) is 0 Å². The van der Waals surface area contributed by atoms with Crippen LogP contribution in [-0.2, 0) is 14.3 Å². The third-order valence-electron chi connectivity index (χ3n) is 1.89. The van der Waals surface area contributed by atoms with E-state index in [0.717, 1.165) is 11.5 Å². The lowest BCUT2D eigenvalue weighted by atomic mass is 10.4. The minimum atomic E-state index is -0.228. The Morgan fingerprint density at radius 2 is 2.06 bits per heavy atom. The summed E-state index contributed by atoms with van der Waals surface area (Å²) in [6.45, 7) is 8.07. The minimum absolute atomic E-state index is 0.109. The van der Waals surface area contributed by atoms with Crippen molar-refractivity contribution in [3.63, 3.8) is 0 Å². The van der Waals surface area contributed by atoms with E-state index in [2.05, 4.69) is 6.92 Å². The first-order valence-corrected chi connectivity index (χ1v) is 7.08. The quantitative estimate of drug-likeness (QED) is 0.464. The molecule has 0 rings (SSSR count). The molecule has 1 unspecified atom stereocenters. The molecule has 0 aromatic rings. The van der Waals surface area contributed by atoms with Gasteiger partial charge in [0.1, 0.15) is 6.10 Å². The van der Waals surface area contributed by atoms with Gasteiger partial charge in [0.2, 0.25) is 0 Å². The highest BCUT2D eigenvalue weighted by atomic mass is 32.2. The van der Waals surface area contributed by atoms with Crippen LogP contribution in [0.4, 0.5) is 0 Å². The molecule has 0 saturated carbocycles. The maximum atomic E-state index is 10.9. The predicted molar refractivity (Wildman–Crippen MR) is 68.9 cm³/mol. The Labute approximate surface area is 103 Å². The van der Waals surface area contributed by atoms with Crippen molar-refractivity contribution in [2.45, 2.75) is 52.7 Å². The van der Waals surface area contributed by atoms with Crippen molar-refractivity contribution in [3.8, 4) is 0 Å². The van der Waals surface area contributed by atoms with Crippen molar-refractivity contribution in [3.05, 3.63) is 0 Å². The molecule has 0 aliphatic rings. The number of ether oxygens (including phenoxy) is 2. The van der Waals surface area contributed by atoms with Crippen molar-refractivity contribution < 1.29 is 14.3 Å². The summed E-state index contributed by atoms with van der Waals surface area (Å²) in [5.74, 6) is 1.72. The molecule has 0 fully saturated rings. The van der Waals surface area contributed by atoms with Crippen LogP contribution in [0.2, 0.25) is 0 Å². The van der Waals surface area contributed by atoms with Crippen LogP contribution in [0.5, 0.6) is 0 Å². The normalized spacial score (nSPS) is 12.8. The zero-order valence-corrected chi connectivity index (χ0v) is 11.6. The largest absolute Gasteiger partial charge is 0.459 e. The number of esters is 1. The molecule has 0 N–H and O–H groups in total. The fourth-order valence-electron chi connectivity index (χ4n) is 1.11. The number of hydrogen-bond donors (Lipinski definition) is 0. The van der Waals surface area contributed by atoms with E-state index < -0.39 is 0 Å². The number of carbonyl (C=O) groups is 1. The Morgan fingerprint density at radius 1 is 1.38 bits per heavy atom. The minimum Gasteiger partial charge on any atom is -0.459 e. The van der Waals surface area contributed by atoms with E-state index in [1.54, 1.807) is 0 Å². The van der Waals surface area contributed by atoms with Crippen LogP contribution in [0.1, 0.15) is 40.5 Å². The Bertz CT molecular complexity index is 183. The molecule has 0 amide bonds. The molecular formula is C12H24O3S. The zero-order chi connectivity index (χ0) is 12.4. The highest BCUT2D eigenvalue weighted by Gasteiger charge is 2.13. The molecule has 0 aromatic heterocycles. The van der Waals surface area contributed by atoms with Gasteiger partial charge < -0.3 is 9.47 Å². The third-order valence-corrected chi connectivity index (χ3v) is 3.08. The van der Waals surface area contributed by atoms with E-state index in [-0.39, 0.29) is 18.2 Å². The molecule has 0 aliphatic heterocycles. The van der Waals surface area contributed by atoms with Crippen molar-refractivity contribution >= 4 is 17.7 Å². The summed E-state index contributed by atoms with van der Waals surface area (Å²) in [4.78, 5) is 10.9. The van der Waals surface area contributed by atoms with Crippen LogP contribution >= 0.6 is 11.8 Å². The maximum absolute atomic E-state index is 10.9. The fraction of sp³-hybridized carbons (Fsp3) is 0.917. The summed E-state index contributed by atoms with van der Waals surface area (Å²) < 4.78 is 10.7. The lowest BCUT2D eigenvalue weighted by Crippen LogP contribution is -2.26. The summed E-state index contributed by atoms with van der Waals surface area (Å²) in [5.41, 5.74) is 0. The molecule has 0 bridgehead atoms. The molecule has 0 aliphatic carbocycles. The summed E-state index contributed by atoms with van der Waals surface area (Å²) >= 11 is 1.82. The highest BCUT2D eigenvalue weighted by molar-refractivity contribution is 7.99. The van der Waals surface area contributed by atoms with E-state index in [0.29, 0.717) is 6.61 Å². The molecule has 16 heavy (non-hydrogen) atoms. The van der Waals surface area contributed by atoms with Gasteiger partial charge in [-0.3, -0.25) is 4.79 Å². The van der Waals surface area contributed by atoms with Gasteiger partial charge in [0.15, 0.2) is 0 Å². The average Bonchev–Trinajstić information content (AvgIpc) is 2.19. The van der Waals surface area contributed by atoms with Crippen LogP contribution in [-0.4, -0.2) is 36.3 Å². The molecule has 0 saturated heterocycles. The molecule has 0 radical (unpaired) electrons. The Kier molecular flexibility index (Phi) is 9.83. The molecule has 96 valence electrons. The van der Waals surface area contributed by atoms with Crippen LogP contribution in [0.25, 0.3) is 0 Å². The summed E-state index contributed by atoms with van der Waals surface area (Å²) in [6, 6.07) is 0. The van der Waals surface area contributed by atoms with Crippen LogP contribution in [0.15, 0.2) is 0 Å². The van der Waals surface area contributed by atoms with Gasteiger partial charge >= 0.3 is 5.97 Å². The molecule has 0 heterocycles. The maximum Gasteiger partial charge on any atom is 0.303 e. The monoisotopic (exact) mass is 248 g/mol. The van der Waals surface area contributed by atoms with Gasteiger partial charge in [-0.2, -0.15) is 11.8 Å². The lowest BCUT2D eigenvalue weighted by molar-refractivity contribution is -0.148. The van der Waals surface area contributed by atoms with E-state index in [1.165, 1.54) is 19.8 Å². The molecule has 1 atom stereocenters. The first kappa shape index (κ1) is 15.8. The van der Waals surface area contributed by atoms with E-state index in [1.807, 2.05) is 25.6 Å². The lowest BCUT2D eigenvalue weighted by Gasteiger charge is -2.18. The number of carbonyl (C=O) groups excluding carboxylic acids is 1. The molecular weight excluding hydrogens is 224 g/mol. The van der Waals surface area contributed by atoms with E-state index in [4.69, 9.17) is 9.47 Å². The molecule has 3 nitrogen and oxygen atoms in total. The van der Waals surface area contributed by atoms with Crippen LogP contribution in [0.3, 0.4) is 0 Å². The number of unbranched alkanes of at least 4 members (excludes halogenated alkanes) is 1. The second-order valence-corrected chi connectivity index (χ2v) is 5.19. The zero-order valence-electron chi connectivity index (χ0n) is 10.8. The van der Waals surface area contributed by atoms with Crippen molar-refractivity contribution in [1.29, 1.82) is 0 Å². The van der Waals surface area contributed by atoms with Gasteiger partial charge in [-0.25, -0.2) is 0 Å². The standard InChI is InChI=1S/C12H24O3S/c1-5-6-7-16-9-12(15-11(4)13)8-14-10(2)3/h10,12H,5-9H2,1-4H3. The predicted octanol–water partition coefficient (Wildman–Crippen LogP) is 2.88. The number of thioether (sulfide) groups is 1. The second-order valence-electron chi connectivity index (χ2n) is 4.04. The molecule has 0 spiro atoms. The first-order chi connectivity index (χ1) is 7.56. The Morgan fingerprint density at radius 3 is 2.56 bits per heavy atom. The average molecular weight is 248 g/mol.